The third kappa shape index (κ3) is 6.39. The van der Waals surface area contributed by atoms with Crippen molar-refractivity contribution in [3.63, 3.8) is 0 Å². The molecule has 0 unspecified atom stereocenters. The Kier molecular flexibility index (Phi) is 6.97. The van der Waals surface area contributed by atoms with Gasteiger partial charge in [0.1, 0.15) is 11.4 Å². The van der Waals surface area contributed by atoms with Crippen LogP contribution in [-0.2, 0) is 14.0 Å². The smallest absolute Gasteiger partial charge is 0.493 e. The largest absolute Gasteiger partial charge is 0.494 e. The standard InChI is InChI=1S/C24H38BNO5/c1-22(2,3)29-21(27)26-19-12-8-17(9-13-19)16-28-20-14-10-18(11-15-20)25-30-23(4,5)24(6,7)31-25/h10-11,14-15,17,19H,8-9,12-13,16H2,1-7H3,(H,26,27). The van der Waals surface area contributed by atoms with Gasteiger partial charge in [-0.1, -0.05) is 12.1 Å². The molecule has 0 aromatic heterocycles. The van der Waals surface area contributed by atoms with Crippen LogP contribution in [0.5, 0.6) is 5.75 Å². The normalized spacial score (nSPS) is 25.2. The van der Waals surface area contributed by atoms with Crippen LogP contribution in [0.1, 0.15) is 74.1 Å². The van der Waals surface area contributed by atoms with Crippen molar-refractivity contribution in [1.29, 1.82) is 0 Å². The highest BCUT2D eigenvalue weighted by atomic mass is 16.7. The van der Waals surface area contributed by atoms with Crippen LogP contribution in [0, 0.1) is 5.92 Å². The van der Waals surface area contributed by atoms with Gasteiger partial charge in [-0.25, -0.2) is 4.79 Å². The predicted molar refractivity (Wildman–Crippen MR) is 123 cm³/mol. The van der Waals surface area contributed by atoms with E-state index in [9.17, 15) is 4.79 Å². The fraction of sp³-hybridized carbons (Fsp3) is 0.708. The summed E-state index contributed by atoms with van der Waals surface area (Å²) in [7, 11) is -0.355. The summed E-state index contributed by atoms with van der Waals surface area (Å²) in [4.78, 5) is 11.9. The van der Waals surface area contributed by atoms with Gasteiger partial charge in [0.05, 0.1) is 17.8 Å². The van der Waals surface area contributed by atoms with Gasteiger partial charge in [-0.15, -0.1) is 0 Å². The lowest BCUT2D eigenvalue weighted by Gasteiger charge is -2.32. The number of rotatable bonds is 5. The Morgan fingerprint density at radius 2 is 1.58 bits per heavy atom. The molecule has 0 radical (unpaired) electrons. The van der Waals surface area contributed by atoms with Gasteiger partial charge in [-0.2, -0.15) is 0 Å². The lowest BCUT2D eigenvalue weighted by molar-refractivity contribution is 0.00578. The Bertz CT molecular complexity index is 732. The van der Waals surface area contributed by atoms with Crippen molar-refractivity contribution >= 4 is 18.7 Å². The third-order valence-corrected chi connectivity index (χ3v) is 6.46. The van der Waals surface area contributed by atoms with Crippen molar-refractivity contribution in [1.82, 2.24) is 5.32 Å². The van der Waals surface area contributed by atoms with E-state index in [1.807, 2.05) is 45.0 Å². The molecule has 6 nitrogen and oxygen atoms in total. The van der Waals surface area contributed by atoms with Crippen molar-refractivity contribution in [2.24, 2.45) is 5.92 Å². The maximum Gasteiger partial charge on any atom is 0.494 e. The summed E-state index contributed by atoms with van der Waals surface area (Å²) in [6, 6.07) is 8.18. The van der Waals surface area contributed by atoms with E-state index < -0.39 is 5.60 Å². The van der Waals surface area contributed by atoms with Crippen molar-refractivity contribution in [2.45, 2.75) is 97.0 Å². The summed E-state index contributed by atoms with van der Waals surface area (Å²) < 4.78 is 23.6. The Morgan fingerprint density at radius 1 is 1.03 bits per heavy atom. The molecule has 1 aliphatic heterocycles. The van der Waals surface area contributed by atoms with E-state index >= 15 is 0 Å². The summed E-state index contributed by atoms with van der Waals surface area (Å²) >= 11 is 0. The molecule has 0 spiro atoms. The summed E-state index contributed by atoms with van der Waals surface area (Å²) in [5.41, 5.74) is -0.152. The highest BCUT2D eigenvalue weighted by molar-refractivity contribution is 6.62. The van der Waals surface area contributed by atoms with Crippen LogP contribution in [0.4, 0.5) is 4.79 Å². The van der Waals surface area contributed by atoms with Gasteiger partial charge in [0, 0.05) is 6.04 Å². The zero-order chi connectivity index (χ0) is 22.9. The first-order chi connectivity index (χ1) is 14.3. The number of hydrogen-bond donors (Lipinski definition) is 1. The van der Waals surface area contributed by atoms with E-state index in [4.69, 9.17) is 18.8 Å². The molecule has 1 N–H and O–H groups in total. The van der Waals surface area contributed by atoms with Crippen LogP contribution in [0.25, 0.3) is 0 Å². The molecule has 1 aliphatic carbocycles. The van der Waals surface area contributed by atoms with Crippen LogP contribution < -0.4 is 15.5 Å². The summed E-state index contributed by atoms with van der Waals surface area (Å²) in [5.74, 6) is 1.36. The molecule has 31 heavy (non-hydrogen) atoms. The van der Waals surface area contributed by atoms with E-state index in [0.717, 1.165) is 36.9 Å². The van der Waals surface area contributed by atoms with Crippen LogP contribution in [0.3, 0.4) is 0 Å². The fourth-order valence-corrected chi connectivity index (χ4v) is 3.86. The Balaban J connectivity index is 1.41. The maximum absolute atomic E-state index is 11.9. The van der Waals surface area contributed by atoms with Gasteiger partial charge in [0.2, 0.25) is 0 Å². The number of ether oxygens (including phenoxy) is 2. The molecule has 1 aromatic rings. The molecule has 1 amide bonds. The number of hydrogen-bond acceptors (Lipinski definition) is 5. The molecule has 172 valence electrons. The van der Waals surface area contributed by atoms with Gasteiger partial charge >= 0.3 is 13.2 Å². The van der Waals surface area contributed by atoms with Crippen LogP contribution in [0.2, 0.25) is 0 Å². The maximum atomic E-state index is 11.9. The second-order valence-corrected chi connectivity index (χ2v) is 10.8. The molecule has 2 fully saturated rings. The fourth-order valence-electron chi connectivity index (χ4n) is 3.86. The van der Waals surface area contributed by atoms with Crippen LogP contribution in [0.15, 0.2) is 24.3 Å². The lowest BCUT2D eigenvalue weighted by Crippen LogP contribution is -2.41. The monoisotopic (exact) mass is 431 g/mol. The van der Waals surface area contributed by atoms with Crippen molar-refractivity contribution in [3.8, 4) is 5.75 Å². The molecule has 0 atom stereocenters. The Morgan fingerprint density at radius 3 is 2.10 bits per heavy atom. The predicted octanol–water partition coefficient (Wildman–Crippen LogP) is 4.45. The number of alkyl carbamates (subject to hydrolysis) is 1. The number of benzene rings is 1. The highest BCUT2D eigenvalue weighted by Crippen LogP contribution is 2.36. The Hall–Kier alpha value is -1.73. The molecular formula is C24H38BNO5. The molecule has 2 aliphatic rings. The van der Waals surface area contributed by atoms with Gasteiger partial charge in [0.25, 0.3) is 0 Å². The number of nitrogens with one attached hydrogen (secondary N) is 1. The molecule has 7 heteroatoms. The number of carbonyl (C=O) groups excluding carboxylic acids is 1. The average Bonchev–Trinajstić information content (AvgIpc) is 2.87. The average molecular weight is 431 g/mol. The van der Waals surface area contributed by atoms with E-state index in [1.165, 1.54) is 0 Å². The molecule has 1 aromatic carbocycles. The van der Waals surface area contributed by atoms with E-state index in [-0.39, 0.29) is 30.5 Å². The van der Waals surface area contributed by atoms with E-state index in [1.54, 1.807) is 0 Å². The van der Waals surface area contributed by atoms with E-state index in [2.05, 4.69) is 33.0 Å². The van der Waals surface area contributed by atoms with Crippen LogP contribution >= 0.6 is 0 Å². The molecular weight excluding hydrogens is 393 g/mol. The third-order valence-electron chi connectivity index (χ3n) is 6.46. The molecule has 1 saturated heterocycles. The first-order valence-corrected chi connectivity index (χ1v) is 11.4. The zero-order valence-corrected chi connectivity index (χ0v) is 20.1. The molecule has 1 heterocycles. The molecule has 3 rings (SSSR count). The quantitative estimate of drug-likeness (QED) is 0.698. The molecule has 1 saturated carbocycles. The second-order valence-electron chi connectivity index (χ2n) is 10.8. The number of carbonyl (C=O) groups is 1. The SMILES string of the molecule is CC(C)(C)OC(=O)NC1CCC(COc2ccc(B3OC(C)(C)C(C)(C)O3)cc2)CC1. The topological polar surface area (TPSA) is 66.0 Å². The van der Waals surface area contributed by atoms with Gasteiger partial charge in [-0.3, -0.25) is 0 Å². The minimum Gasteiger partial charge on any atom is -0.493 e. The van der Waals surface area contributed by atoms with Crippen molar-refractivity contribution < 1.29 is 23.6 Å². The van der Waals surface area contributed by atoms with Gasteiger partial charge in [-0.05, 0) is 97.7 Å². The van der Waals surface area contributed by atoms with Crippen LogP contribution in [-0.4, -0.2) is 42.7 Å². The van der Waals surface area contributed by atoms with Crippen molar-refractivity contribution in [3.05, 3.63) is 24.3 Å². The lowest BCUT2D eigenvalue weighted by atomic mass is 9.79. The first-order valence-electron chi connectivity index (χ1n) is 11.4. The number of amides is 1. The minimum atomic E-state index is -0.465. The summed E-state index contributed by atoms with van der Waals surface area (Å²) in [6.45, 7) is 14.6. The first kappa shape index (κ1) is 23.9. The van der Waals surface area contributed by atoms with Gasteiger partial charge < -0.3 is 24.1 Å². The summed E-state index contributed by atoms with van der Waals surface area (Å²) in [6.07, 6.45) is 3.65. The molecule has 0 bridgehead atoms. The second kappa shape index (κ2) is 9.03. The van der Waals surface area contributed by atoms with E-state index in [0.29, 0.717) is 12.5 Å². The highest BCUT2D eigenvalue weighted by Gasteiger charge is 2.51. The van der Waals surface area contributed by atoms with Gasteiger partial charge in [0.15, 0.2) is 0 Å². The minimum absolute atomic E-state index is 0.185. The summed E-state index contributed by atoms with van der Waals surface area (Å²) in [5, 5.41) is 2.99. The zero-order valence-electron chi connectivity index (χ0n) is 20.1. The van der Waals surface area contributed by atoms with Crippen molar-refractivity contribution in [2.75, 3.05) is 6.61 Å². The Labute approximate surface area is 187 Å².